The number of Topliss-reactive ketones (excluding diaryl/α,β-unsaturated/α-hetero) is 2. The average molecular weight is 359 g/mol. The van der Waals surface area contributed by atoms with E-state index in [1.807, 2.05) is 0 Å². The van der Waals surface area contributed by atoms with Crippen molar-refractivity contribution in [2.45, 2.75) is 91.9 Å². The molecular weight excluding hydrogens is 320 g/mol. The lowest BCUT2D eigenvalue weighted by molar-refractivity contribution is -0.159. The summed E-state index contributed by atoms with van der Waals surface area (Å²) in [6.07, 6.45) is 10.9. The van der Waals surface area contributed by atoms with E-state index in [2.05, 4.69) is 27.7 Å². The van der Waals surface area contributed by atoms with E-state index in [1.54, 1.807) is 0 Å². The van der Waals surface area contributed by atoms with Gasteiger partial charge in [0, 0.05) is 24.7 Å². The Balaban J connectivity index is 1.63. The van der Waals surface area contributed by atoms with Crippen LogP contribution >= 0.6 is 0 Å². The lowest BCUT2D eigenvalue weighted by Gasteiger charge is -2.59. The summed E-state index contributed by atoms with van der Waals surface area (Å²) in [5.74, 6) is 4.73. The second-order valence-corrected chi connectivity index (χ2v) is 10.8. The van der Waals surface area contributed by atoms with Crippen molar-refractivity contribution in [3.05, 3.63) is 0 Å². The van der Waals surface area contributed by atoms with Crippen molar-refractivity contribution in [1.82, 2.24) is 0 Å². The number of rotatable bonds is 3. The zero-order chi connectivity index (χ0) is 18.7. The van der Waals surface area contributed by atoms with E-state index in [4.69, 9.17) is 0 Å². The SMILES string of the molecule is CCC[C@@H](C)[C@H]1CC[C@H]2[C@@H]3CC[C@@H]4CC(=O)CC[C@]4(C)[C@H]3CC(=O)[C@]12C. The summed E-state index contributed by atoms with van der Waals surface area (Å²) in [7, 11) is 0. The van der Waals surface area contributed by atoms with Gasteiger partial charge in [-0.3, -0.25) is 9.59 Å². The molecular formula is C24H38O2. The van der Waals surface area contributed by atoms with E-state index < -0.39 is 0 Å². The molecule has 4 rings (SSSR count). The summed E-state index contributed by atoms with van der Waals surface area (Å²) in [4.78, 5) is 25.6. The molecule has 4 aliphatic carbocycles. The first-order valence-corrected chi connectivity index (χ1v) is 11.4. The Labute approximate surface area is 159 Å². The van der Waals surface area contributed by atoms with Crippen molar-refractivity contribution in [1.29, 1.82) is 0 Å². The van der Waals surface area contributed by atoms with E-state index in [9.17, 15) is 9.59 Å². The van der Waals surface area contributed by atoms with Crippen LogP contribution < -0.4 is 0 Å². The summed E-state index contributed by atoms with van der Waals surface area (Å²) in [6.45, 7) is 9.45. The molecule has 4 fully saturated rings. The van der Waals surface area contributed by atoms with Gasteiger partial charge in [0.1, 0.15) is 11.6 Å². The zero-order valence-electron chi connectivity index (χ0n) is 17.4. The Morgan fingerprint density at radius 2 is 1.81 bits per heavy atom. The summed E-state index contributed by atoms with van der Waals surface area (Å²) in [5.41, 5.74) is 0.171. The summed E-state index contributed by atoms with van der Waals surface area (Å²) in [6, 6.07) is 0. The molecule has 4 saturated carbocycles. The highest BCUT2D eigenvalue weighted by Gasteiger charge is 2.63. The lowest BCUT2D eigenvalue weighted by atomic mass is 9.44. The number of hydrogen-bond donors (Lipinski definition) is 0. The Kier molecular flexibility index (Phi) is 4.64. The van der Waals surface area contributed by atoms with Gasteiger partial charge in [-0.25, -0.2) is 0 Å². The van der Waals surface area contributed by atoms with Gasteiger partial charge in [-0.05, 0) is 73.0 Å². The first kappa shape index (κ1) is 18.7. The molecule has 0 aromatic rings. The molecule has 0 amide bonds. The van der Waals surface area contributed by atoms with Crippen LogP contribution in [0.15, 0.2) is 0 Å². The summed E-state index contributed by atoms with van der Waals surface area (Å²) >= 11 is 0. The lowest BCUT2D eigenvalue weighted by Crippen LogP contribution is -2.57. The molecule has 0 bridgehead atoms. The van der Waals surface area contributed by atoms with E-state index in [1.165, 1.54) is 38.5 Å². The molecule has 0 heterocycles. The predicted molar refractivity (Wildman–Crippen MR) is 105 cm³/mol. The van der Waals surface area contributed by atoms with E-state index in [0.717, 1.165) is 31.6 Å². The smallest absolute Gasteiger partial charge is 0.139 e. The van der Waals surface area contributed by atoms with E-state index in [-0.39, 0.29) is 10.8 Å². The fourth-order valence-electron chi connectivity index (χ4n) is 8.35. The molecule has 0 spiro atoms. The highest BCUT2D eigenvalue weighted by atomic mass is 16.1. The molecule has 4 aliphatic rings. The quantitative estimate of drug-likeness (QED) is 0.636. The second-order valence-electron chi connectivity index (χ2n) is 10.8. The zero-order valence-corrected chi connectivity index (χ0v) is 17.4. The van der Waals surface area contributed by atoms with Gasteiger partial charge in [0.2, 0.25) is 0 Å². The molecule has 2 heteroatoms. The third kappa shape index (κ3) is 2.49. The number of carbonyl (C=O) groups is 2. The third-order valence-corrected chi connectivity index (χ3v) is 9.84. The van der Waals surface area contributed by atoms with Gasteiger partial charge < -0.3 is 0 Å². The Hall–Kier alpha value is -0.660. The van der Waals surface area contributed by atoms with Crippen LogP contribution in [0.3, 0.4) is 0 Å². The van der Waals surface area contributed by atoms with Crippen molar-refractivity contribution < 1.29 is 9.59 Å². The first-order chi connectivity index (χ1) is 12.3. The highest BCUT2D eigenvalue weighted by molar-refractivity contribution is 5.87. The van der Waals surface area contributed by atoms with Crippen molar-refractivity contribution in [3.63, 3.8) is 0 Å². The average Bonchev–Trinajstić information content (AvgIpc) is 2.96. The third-order valence-electron chi connectivity index (χ3n) is 9.84. The Morgan fingerprint density at radius 3 is 2.54 bits per heavy atom. The molecule has 0 N–H and O–H groups in total. The maximum absolute atomic E-state index is 13.6. The minimum absolute atomic E-state index is 0.0660. The summed E-state index contributed by atoms with van der Waals surface area (Å²) in [5, 5.41) is 0. The number of fused-ring (bicyclic) bond motifs is 5. The second kappa shape index (κ2) is 6.45. The van der Waals surface area contributed by atoms with Gasteiger partial charge in [0.05, 0.1) is 0 Å². The molecule has 146 valence electrons. The first-order valence-electron chi connectivity index (χ1n) is 11.4. The largest absolute Gasteiger partial charge is 0.300 e. The highest BCUT2D eigenvalue weighted by Crippen LogP contribution is 2.67. The molecule has 0 unspecified atom stereocenters. The van der Waals surface area contributed by atoms with Gasteiger partial charge >= 0.3 is 0 Å². The van der Waals surface area contributed by atoms with Gasteiger partial charge in [-0.2, -0.15) is 0 Å². The maximum atomic E-state index is 13.6. The Bertz CT molecular complexity index is 595. The molecule has 0 aliphatic heterocycles. The standard InChI is InChI=1S/C24H38O2/c1-5-6-15(2)19-9-10-20-18-8-7-16-13-17(25)11-12-23(16,3)21(18)14-22(26)24(19,20)4/h15-16,18-21H,5-14H2,1-4H3/t15-,16-,18+,19-,20+,21+,23+,24-/m1/s1. The maximum Gasteiger partial charge on any atom is 0.139 e. The van der Waals surface area contributed by atoms with Crippen molar-refractivity contribution in [2.75, 3.05) is 0 Å². The molecule has 0 aromatic heterocycles. The minimum atomic E-state index is -0.0660. The number of hydrogen-bond acceptors (Lipinski definition) is 2. The van der Waals surface area contributed by atoms with Crippen LogP contribution in [0.1, 0.15) is 91.9 Å². The van der Waals surface area contributed by atoms with Gasteiger partial charge in [-0.15, -0.1) is 0 Å². The van der Waals surface area contributed by atoms with Crippen LogP contribution in [-0.2, 0) is 9.59 Å². The normalized spacial score (nSPS) is 49.3. The molecule has 0 aromatic carbocycles. The van der Waals surface area contributed by atoms with Gasteiger partial charge in [-0.1, -0.05) is 40.5 Å². The van der Waals surface area contributed by atoms with Crippen molar-refractivity contribution in [2.24, 2.45) is 46.3 Å². The topological polar surface area (TPSA) is 34.1 Å². The monoisotopic (exact) mass is 358 g/mol. The molecule has 8 atom stereocenters. The molecule has 0 saturated heterocycles. The fraction of sp³-hybridized carbons (Fsp3) is 0.917. The van der Waals surface area contributed by atoms with E-state index in [0.29, 0.717) is 41.2 Å². The fourth-order valence-corrected chi connectivity index (χ4v) is 8.35. The molecule has 0 radical (unpaired) electrons. The van der Waals surface area contributed by atoms with Crippen LogP contribution in [0.4, 0.5) is 0 Å². The predicted octanol–water partition coefficient (Wildman–Crippen LogP) is 5.83. The van der Waals surface area contributed by atoms with Crippen LogP contribution in [-0.4, -0.2) is 11.6 Å². The van der Waals surface area contributed by atoms with Crippen molar-refractivity contribution in [3.8, 4) is 0 Å². The van der Waals surface area contributed by atoms with E-state index >= 15 is 0 Å². The number of ketones is 2. The minimum Gasteiger partial charge on any atom is -0.300 e. The van der Waals surface area contributed by atoms with Crippen LogP contribution in [0.5, 0.6) is 0 Å². The van der Waals surface area contributed by atoms with Crippen molar-refractivity contribution >= 4 is 11.6 Å². The van der Waals surface area contributed by atoms with Crippen LogP contribution in [0.25, 0.3) is 0 Å². The van der Waals surface area contributed by atoms with Gasteiger partial charge in [0.15, 0.2) is 0 Å². The Morgan fingerprint density at radius 1 is 1.04 bits per heavy atom. The molecule has 2 nitrogen and oxygen atoms in total. The van der Waals surface area contributed by atoms with Crippen LogP contribution in [0, 0.1) is 46.3 Å². The van der Waals surface area contributed by atoms with Gasteiger partial charge in [0.25, 0.3) is 0 Å². The molecule has 26 heavy (non-hydrogen) atoms. The number of carbonyl (C=O) groups excluding carboxylic acids is 2. The summed E-state index contributed by atoms with van der Waals surface area (Å²) < 4.78 is 0. The van der Waals surface area contributed by atoms with Crippen LogP contribution in [0.2, 0.25) is 0 Å².